The third kappa shape index (κ3) is 3.85. The quantitative estimate of drug-likeness (QED) is 0.366. The first-order valence-electron chi connectivity index (χ1n) is 9.20. The molecule has 2 heterocycles. The first-order valence-corrected chi connectivity index (χ1v) is 10.2. The van der Waals surface area contributed by atoms with Crippen LogP contribution in [0.4, 0.5) is 0 Å². The molecule has 0 fully saturated rings. The Morgan fingerprint density at radius 2 is 1.82 bits per heavy atom. The summed E-state index contributed by atoms with van der Waals surface area (Å²) in [4.78, 5) is 22.3. The van der Waals surface area contributed by atoms with E-state index in [-0.39, 0.29) is 5.56 Å². The van der Waals surface area contributed by atoms with E-state index in [1.165, 1.54) is 16.7 Å². The first kappa shape index (κ1) is 18.4. The van der Waals surface area contributed by atoms with E-state index >= 15 is 0 Å². The van der Waals surface area contributed by atoms with Crippen molar-refractivity contribution >= 4 is 22.7 Å². The molecule has 0 atom stereocenters. The summed E-state index contributed by atoms with van der Waals surface area (Å²) in [5.74, 6) is 0.764. The molecule has 0 saturated carbocycles. The molecule has 2 aromatic heterocycles. The molecule has 5 heteroatoms. The van der Waals surface area contributed by atoms with Crippen molar-refractivity contribution in [3.63, 3.8) is 0 Å². The van der Waals surface area contributed by atoms with Gasteiger partial charge < -0.3 is 0 Å². The van der Waals surface area contributed by atoms with E-state index in [2.05, 4.69) is 37.0 Å². The summed E-state index contributed by atoms with van der Waals surface area (Å²) in [6.45, 7) is 4.62. The van der Waals surface area contributed by atoms with Crippen LogP contribution in [-0.4, -0.2) is 14.5 Å². The highest BCUT2D eigenvalue weighted by Gasteiger charge is 2.13. The number of para-hydroxylation sites is 1. The van der Waals surface area contributed by atoms with Gasteiger partial charge in [0.05, 0.1) is 23.1 Å². The van der Waals surface area contributed by atoms with E-state index in [4.69, 9.17) is 4.98 Å². The van der Waals surface area contributed by atoms with Crippen LogP contribution in [0.25, 0.3) is 10.9 Å². The van der Waals surface area contributed by atoms with Gasteiger partial charge in [-0.05, 0) is 49.2 Å². The second-order valence-electron chi connectivity index (χ2n) is 6.84. The van der Waals surface area contributed by atoms with Crippen molar-refractivity contribution in [3.05, 3.63) is 99.6 Å². The van der Waals surface area contributed by atoms with Crippen LogP contribution in [0.1, 0.15) is 22.4 Å². The Morgan fingerprint density at radius 3 is 2.64 bits per heavy atom. The van der Waals surface area contributed by atoms with Crippen LogP contribution in [0, 0.1) is 13.8 Å². The van der Waals surface area contributed by atoms with E-state index in [0.29, 0.717) is 11.9 Å². The van der Waals surface area contributed by atoms with Gasteiger partial charge in [-0.1, -0.05) is 53.7 Å². The maximum Gasteiger partial charge on any atom is 0.262 e. The van der Waals surface area contributed by atoms with Gasteiger partial charge in [-0.25, -0.2) is 4.98 Å². The number of hydrogen-bond acceptors (Lipinski definition) is 4. The second-order valence-corrected chi connectivity index (χ2v) is 7.79. The molecule has 0 aliphatic heterocycles. The number of aromatic nitrogens is 3. The van der Waals surface area contributed by atoms with E-state index in [1.54, 1.807) is 22.5 Å². The Labute approximate surface area is 168 Å². The van der Waals surface area contributed by atoms with Crippen molar-refractivity contribution in [2.24, 2.45) is 0 Å². The van der Waals surface area contributed by atoms with E-state index < -0.39 is 0 Å². The molecule has 140 valence electrons. The van der Waals surface area contributed by atoms with Crippen LogP contribution < -0.4 is 5.56 Å². The van der Waals surface area contributed by atoms with Crippen LogP contribution in [0.5, 0.6) is 0 Å². The van der Waals surface area contributed by atoms with Crippen molar-refractivity contribution < 1.29 is 0 Å². The fraction of sp³-hybridized carbons (Fsp3) is 0.174. The Morgan fingerprint density at radius 1 is 1.00 bits per heavy atom. The number of benzene rings is 2. The first-order chi connectivity index (χ1) is 13.6. The zero-order valence-corrected chi connectivity index (χ0v) is 16.7. The van der Waals surface area contributed by atoms with Gasteiger partial charge in [0, 0.05) is 11.9 Å². The highest BCUT2D eigenvalue weighted by atomic mass is 32.2. The maximum atomic E-state index is 13.2. The lowest BCUT2D eigenvalue weighted by molar-refractivity contribution is 0.646. The van der Waals surface area contributed by atoms with Crippen LogP contribution in [0.15, 0.2) is 76.8 Å². The van der Waals surface area contributed by atoms with Gasteiger partial charge >= 0.3 is 0 Å². The van der Waals surface area contributed by atoms with Gasteiger partial charge in [0.1, 0.15) is 0 Å². The van der Waals surface area contributed by atoms with Gasteiger partial charge in [-0.2, -0.15) is 0 Å². The standard InChI is InChI=1S/C23H21N3OS/c1-16-10-11-17(2)18(13-16)15-28-23-25-21-9-4-3-8-20(21)22(27)26(23)14-19-7-5-6-12-24-19/h3-13H,14-15H2,1-2H3. The van der Waals surface area contributed by atoms with E-state index in [1.807, 2.05) is 42.5 Å². The number of nitrogens with zero attached hydrogens (tertiary/aromatic N) is 3. The molecule has 4 rings (SSSR count). The zero-order chi connectivity index (χ0) is 19.5. The lowest BCUT2D eigenvalue weighted by Crippen LogP contribution is -2.24. The van der Waals surface area contributed by atoms with Crippen molar-refractivity contribution in [3.8, 4) is 0 Å². The van der Waals surface area contributed by atoms with Crippen molar-refractivity contribution in [1.29, 1.82) is 0 Å². The van der Waals surface area contributed by atoms with Crippen LogP contribution in [0.3, 0.4) is 0 Å². The van der Waals surface area contributed by atoms with Gasteiger partial charge in [0.15, 0.2) is 5.16 Å². The molecule has 0 aliphatic carbocycles. The molecule has 0 amide bonds. The van der Waals surface area contributed by atoms with E-state index in [9.17, 15) is 4.79 Å². The molecular weight excluding hydrogens is 366 g/mol. The van der Waals surface area contributed by atoms with Crippen molar-refractivity contribution in [2.45, 2.75) is 31.3 Å². The number of hydrogen-bond donors (Lipinski definition) is 0. The Hall–Kier alpha value is -2.92. The van der Waals surface area contributed by atoms with Crippen molar-refractivity contribution in [1.82, 2.24) is 14.5 Å². The average molecular weight is 388 g/mol. The SMILES string of the molecule is Cc1ccc(C)c(CSc2nc3ccccc3c(=O)n2Cc2ccccn2)c1. The zero-order valence-electron chi connectivity index (χ0n) is 15.9. The molecule has 0 bridgehead atoms. The highest BCUT2D eigenvalue weighted by molar-refractivity contribution is 7.98. The summed E-state index contributed by atoms with van der Waals surface area (Å²) in [7, 11) is 0. The molecular formula is C23H21N3OS. The van der Waals surface area contributed by atoms with E-state index in [0.717, 1.165) is 22.1 Å². The smallest absolute Gasteiger partial charge is 0.262 e. The lowest BCUT2D eigenvalue weighted by atomic mass is 10.1. The Balaban J connectivity index is 1.76. The minimum absolute atomic E-state index is 0.0280. The maximum absolute atomic E-state index is 13.2. The van der Waals surface area contributed by atoms with Crippen molar-refractivity contribution in [2.75, 3.05) is 0 Å². The van der Waals surface area contributed by atoms with Gasteiger partial charge in [0.25, 0.3) is 5.56 Å². The molecule has 0 spiro atoms. The minimum Gasteiger partial charge on any atom is -0.281 e. The number of aryl methyl sites for hydroxylation is 2. The molecule has 0 saturated heterocycles. The van der Waals surface area contributed by atoms with Gasteiger partial charge in [0.2, 0.25) is 0 Å². The molecule has 0 radical (unpaired) electrons. The molecule has 2 aromatic carbocycles. The fourth-order valence-corrected chi connectivity index (χ4v) is 4.21. The normalized spacial score (nSPS) is 11.1. The second kappa shape index (κ2) is 7.98. The predicted octanol–water partition coefficient (Wildman–Crippen LogP) is 4.75. The summed E-state index contributed by atoms with van der Waals surface area (Å²) >= 11 is 1.60. The molecule has 0 unspecified atom stereocenters. The molecule has 28 heavy (non-hydrogen) atoms. The highest BCUT2D eigenvalue weighted by Crippen LogP contribution is 2.25. The minimum atomic E-state index is -0.0280. The monoisotopic (exact) mass is 387 g/mol. The summed E-state index contributed by atoms with van der Waals surface area (Å²) in [5, 5.41) is 1.35. The lowest BCUT2D eigenvalue weighted by Gasteiger charge is -2.14. The Bertz CT molecular complexity index is 1190. The number of rotatable bonds is 5. The molecule has 0 aliphatic rings. The molecule has 4 aromatic rings. The fourth-order valence-electron chi connectivity index (χ4n) is 3.15. The summed E-state index contributed by atoms with van der Waals surface area (Å²) < 4.78 is 1.74. The third-order valence-electron chi connectivity index (χ3n) is 4.73. The predicted molar refractivity (Wildman–Crippen MR) is 115 cm³/mol. The van der Waals surface area contributed by atoms with Crippen LogP contribution in [-0.2, 0) is 12.3 Å². The van der Waals surface area contributed by atoms with Crippen LogP contribution in [0.2, 0.25) is 0 Å². The average Bonchev–Trinajstić information content (AvgIpc) is 2.72. The third-order valence-corrected chi connectivity index (χ3v) is 5.76. The Kier molecular flexibility index (Phi) is 5.26. The van der Waals surface area contributed by atoms with Gasteiger partial charge in [-0.3, -0.25) is 14.3 Å². The number of pyridine rings is 1. The summed E-state index contributed by atoms with van der Waals surface area (Å²) in [6.07, 6.45) is 1.75. The topological polar surface area (TPSA) is 47.8 Å². The largest absolute Gasteiger partial charge is 0.281 e. The molecule has 4 nitrogen and oxygen atoms in total. The summed E-state index contributed by atoms with van der Waals surface area (Å²) in [5.41, 5.74) is 5.29. The van der Waals surface area contributed by atoms with Gasteiger partial charge in [-0.15, -0.1) is 0 Å². The van der Waals surface area contributed by atoms with Crippen LogP contribution >= 0.6 is 11.8 Å². The summed E-state index contributed by atoms with van der Waals surface area (Å²) in [6, 6.07) is 19.7. The molecule has 0 N–H and O–H groups in total. The number of fused-ring (bicyclic) bond motifs is 1. The number of thioether (sulfide) groups is 1.